The Hall–Kier alpha value is -0.860. The molecule has 1 fully saturated rings. The normalized spacial score (nSPS) is 19.0. The summed E-state index contributed by atoms with van der Waals surface area (Å²) in [5.41, 5.74) is 8.07. The van der Waals surface area contributed by atoms with Crippen LogP contribution in [0.2, 0.25) is 0 Å². The van der Waals surface area contributed by atoms with E-state index in [1.54, 1.807) is 0 Å². The average molecular weight is 288 g/mol. The third-order valence-electron chi connectivity index (χ3n) is 4.87. The van der Waals surface area contributed by atoms with E-state index in [0.29, 0.717) is 5.41 Å². The number of rotatable bonds is 8. The van der Waals surface area contributed by atoms with Crippen LogP contribution < -0.4 is 11.1 Å². The fourth-order valence-corrected chi connectivity index (χ4v) is 3.92. The first-order chi connectivity index (χ1) is 10.1. The first-order valence-electron chi connectivity index (χ1n) is 8.63. The molecule has 1 saturated carbocycles. The zero-order valence-corrected chi connectivity index (χ0v) is 13.8. The lowest BCUT2D eigenvalue weighted by Gasteiger charge is -2.31. The average Bonchev–Trinajstić information content (AvgIpc) is 2.92. The van der Waals surface area contributed by atoms with E-state index in [2.05, 4.69) is 43.4 Å². The smallest absolute Gasteiger partial charge is 0.0306 e. The molecule has 1 aromatic carbocycles. The van der Waals surface area contributed by atoms with E-state index in [1.807, 2.05) is 6.07 Å². The van der Waals surface area contributed by atoms with Crippen molar-refractivity contribution in [2.24, 2.45) is 17.1 Å². The highest BCUT2D eigenvalue weighted by molar-refractivity contribution is 5.18. The summed E-state index contributed by atoms with van der Waals surface area (Å²) < 4.78 is 0. The molecular formula is C19H32N2. The van der Waals surface area contributed by atoms with E-state index >= 15 is 0 Å². The molecule has 0 saturated heterocycles. The SMILES string of the molecule is CC(C)CC1(CNCCC(N)c2ccccc2)CCCC1. The summed E-state index contributed by atoms with van der Waals surface area (Å²) in [5.74, 6) is 0.802. The highest BCUT2D eigenvalue weighted by Gasteiger charge is 2.33. The Kier molecular flexibility index (Phi) is 6.25. The van der Waals surface area contributed by atoms with Gasteiger partial charge in [-0.15, -0.1) is 0 Å². The third-order valence-corrected chi connectivity index (χ3v) is 4.87. The first-order valence-corrected chi connectivity index (χ1v) is 8.63. The number of hydrogen-bond acceptors (Lipinski definition) is 2. The second-order valence-electron chi connectivity index (χ2n) is 7.29. The summed E-state index contributed by atoms with van der Waals surface area (Å²) in [6.07, 6.45) is 8.02. The Labute approximate surface area is 130 Å². The molecule has 1 aliphatic rings. The topological polar surface area (TPSA) is 38.0 Å². The molecular weight excluding hydrogens is 256 g/mol. The quantitative estimate of drug-likeness (QED) is 0.701. The van der Waals surface area contributed by atoms with Crippen molar-refractivity contribution in [3.05, 3.63) is 35.9 Å². The van der Waals surface area contributed by atoms with Crippen LogP contribution in [0, 0.1) is 11.3 Å². The van der Waals surface area contributed by atoms with E-state index < -0.39 is 0 Å². The standard InChI is InChI=1S/C19H32N2/c1-16(2)14-19(11-6-7-12-19)15-21-13-10-18(20)17-8-4-3-5-9-17/h3-5,8-9,16,18,21H,6-7,10-15,20H2,1-2H3. The lowest BCUT2D eigenvalue weighted by molar-refractivity contribution is 0.223. The molecule has 1 atom stereocenters. The maximum absolute atomic E-state index is 6.26. The zero-order valence-electron chi connectivity index (χ0n) is 13.8. The van der Waals surface area contributed by atoms with Gasteiger partial charge in [0.25, 0.3) is 0 Å². The van der Waals surface area contributed by atoms with Crippen molar-refractivity contribution >= 4 is 0 Å². The van der Waals surface area contributed by atoms with Gasteiger partial charge in [0.15, 0.2) is 0 Å². The minimum atomic E-state index is 0.156. The highest BCUT2D eigenvalue weighted by Crippen LogP contribution is 2.42. The van der Waals surface area contributed by atoms with Gasteiger partial charge in [0, 0.05) is 12.6 Å². The molecule has 2 nitrogen and oxygen atoms in total. The van der Waals surface area contributed by atoms with Crippen LogP contribution >= 0.6 is 0 Å². The lowest BCUT2D eigenvalue weighted by atomic mass is 9.78. The molecule has 2 heteroatoms. The summed E-state index contributed by atoms with van der Waals surface area (Å²) >= 11 is 0. The van der Waals surface area contributed by atoms with Gasteiger partial charge in [-0.1, -0.05) is 57.0 Å². The highest BCUT2D eigenvalue weighted by atomic mass is 14.9. The van der Waals surface area contributed by atoms with Crippen molar-refractivity contribution in [3.63, 3.8) is 0 Å². The van der Waals surface area contributed by atoms with Crippen LogP contribution in [0.25, 0.3) is 0 Å². The number of benzene rings is 1. The van der Waals surface area contributed by atoms with Gasteiger partial charge in [-0.25, -0.2) is 0 Å². The maximum Gasteiger partial charge on any atom is 0.0306 e. The second-order valence-corrected chi connectivity index (χ2v) is 7.29. The molecule has 0 aliphatic heterocycles. The van der Waals surface area contributed by atoms with Crippen LogP contribution in [-0.2, 0) is 0 Å². The second kappa shape index (κ2) is 7.95. The van der Waals surface area contributed by atoms with Gasteiger partial charge in [0.1, 0.15) is 0 Å². The Bertz CT molecular complexity index is 393. The third kappa shape index (κ3) is 5.12. The lowest BCUT2D eigenvalue weighted by Crippen LogP contribution is -2.34. The fourth-order valence-electron chi connectivity index (χ4n) is 3.92. The van der Waals surface area contributed by atoms with E-state index in [-0.39, 0.29) is 6.04 Å². The van der Waals surface area contributed by atoms with Crippen molar-refractivity contribution in [2.75, 3.05) is 13.1 Å². The first kappa shape index (κ1) is 16.5. The fraction of sp³-hybridized carbons (Fsp3) is 0.684. The Morgan fingerprint density at radius 2 is 1.81 bits per heavy atom. The molecule has 3 N–H and O–H groups in total. The molecule has 1 aliphatic carbocycles. The van der Waals surface area contributed by atoms with Gasteiger partial charge in [0.2, 0.25) is 0 Å². The van der Waals surface area contributed by atoms with E-state index in [9.17, 15) is 0 Å². The molecule has 21 heavy (non-hydrogen) atoms. The molecule has 0 bridgehead atoms. The number of hydrogen-bond donors (Lipinski definition) is 2. The maximum atomic E-state index is 6.26. The summed E-state index contributed by atoms with van der Waals surface area (Å²) in [4.78, 5) is 0. The summed E-state index contributed by atoms with van der Waals surface area (Å²) in [5, 5.41) is 3.69. The molecule has 0 heterocycles. The minimum Gasteiger partial charge on any atom is -0.324 e. The van der Waals surface area contributed by atoms with Crippen molar-refractivity contribution < 1.29 is 0 Å². The summed E-state index contributed by atoms with van der Waals surface area (Å²) in [6, 6.07) is 10.6. The largest absolute Gasteiger partial charge is 0.324 e. The van der Waals surface area contributed by atoms with Gasteiger partial charge >= 0.3 is 0 Å². The van der Waals surface area contributed by atoms with Gasteiger partial charge in [-0.05, 0) is 49.1 Å². The van der Waals surface area contributed by atoms with E-state index in [4.69, 9.17) is 5.73 Å². The van der Waals surface area contributed by atoms with Crippen LogP contribution in [0.3, 0.4) is 0 Å². The molecule has 0 amide bonds. The molecule has 118 valence electrons. The van der Waals surface area contributed by atoms with Crippen molar-refractivity contribution in [1.29, 1.82) is 0 Å². The van der Waals surface area contributed by atoms with Crippen LogP contribution in [0.15, 0.2) is 30.3 Å². The predicted molar refractivity (Wildman–Crippen MR) is 91.2 cm³/mol. The summed E-state index contributed by atoms with van der Waals surface area (Å²) in [7, 11) is 0. The monoisotopic (exact) mass is 288 g/mol. The van der Waals surface area contributed by atoms with Gasteiger partial charge in [-0.3, -0.25) is 0 Å². The zero-order chi connectivity index (χ0) is 15.1. The van der Waals surface area contributed by atoms with Crippen molar-refractivity contribution in [3.8, 4) is 0 Å². The van der Waals surface area contributed by atoms with Crippen molar-refractivity contribution in [1.82, 2.24) is 5.32 Å². The predicted octanol–water partition coefficient (Wildman–Crippen LogP) is 4.27. The molecule has 1 aromatic rings. The van der Waals surface area contributed by atoms with E-state index in [1.165, 1.54) is 44.2 Å². The van der Waals surface area contributed by atoms with Gasteiger partial charge < -0.3 is 11.1 Å². The molecule has 0 spiro atoms. The minimum absolute atomic E-state index is 0.156. The molecule has 0 aromatic heterocycles. The Morgan fingerprint density at radius 3 is 2.43 bits per heavy atom. The van der Waals surface area contributed by atoms with Crippen LogP contribution in [0.5, 0.6) is 0 Å². The molecule has 2 rings (SSSR count). The van der Waals surface area contributed by atoms with Gasteiger partial charge in [-0.2, -0.15) is 0 Å². The Morgan fingerprint density at radius 1 is 1.14 bits per heavy atom. The molecule has 0 radical (unpaired) electrons. The molecule has 1 unspecified atom stereocenters. The van der Waals surface area contributed by atoms with Crippen molar-refractivity contribution in [2.45, 2.75) is 58.4 Å². The number of nitrogens with one attached hydrogen (secondary N) is 1. The van der Waals surface area contributed by atoms with Gasteiger partial charge in [0.05, 0.1) is 0 Å². The van der Waals surface area contributed by atoms with Crippen LogP contribution in [0.4, 0.5) is 0 Å². The Balaban J connectivity index is 1.73. The van der Waals surface area contributed by atoms with Crippen LogP contribution in [0.1, 0.15) is 64.0 Å². The summed E-state index contributed by atoms with van der Waals surface area (Å²) in [6.45, 7) is 6.90. The number of nitrogens with two attached hydrogens (primary N) is 1. The van der Waals surface area contributed by atoms with E-state index in [0.717, 1.165) is 18.9 Å². The van der Waals surface area contributed by atoms with Crippen LogP contribution in [-0.4, -0.2) is 13.1 Å².